The van der Waals surface area contributed by atoms with Gasteiger partial charge in [0.15, 0.2) is 0 Å². The summed E-state index contributed by atoms with van der Waals surface area (Å²) in [5, 5.41) is 3.42. The monoisotopic (exact) mass is 237 g/mol. The zero-order valence-corrected chi connectivity index (χ0v) is 11.0. The maximum absolute atomic E-state index is 12.7. The van der Waals surface area contributed by atoms with Gasteiger partial charge in [-0.1, -0.05) is 38.8 Å². The van der Waals surface area contributed by atoms with E-state index in [0.717, 1.165) is 13.0 Å². The minimum Gasteiger partial charge on any atom is -0.315 e. The maximum Gasteiger partial charge on any atom is 0.123 e. The molecule has 96 valence electrons. The first-order valence-electron chi connectivity index (χ1n) is 6.66. The predicted molar refractivity (Wildman–Crippen MR) is 71.7 cm³/mol. The number of halogens is 1. The zero-order chi connectivity index (χ0) is 12.5. The number of aryl methyl sites for hydroxylation is 1. The number of rotatable bonds is 8. The molecule has 0 aliphatic rings. The van der Waals surface area contributed by atoms with Crippen LogP contribution < -0.4 is 5.32 Å². The fraction of sp³-hybridized carbons (Fsp3) is 0.600. The topological polar surface area (TPSA) is 12.0 Å². The van der Waals surface area contributed by atoms with Gasteiger partial charge in [-0.25, -0.2) is 4.39 Å². The van der Waals surface area contributed by atoms with Crippen LogP contribution >= 0.6 is 0 Å². The zero-order valence-electron chi connectivity index (χ0n) is 11.0. The Kier molecular flexibility index (Phi) is 6.87. The van der Waals surface area contributed by atoms with Gasteiger partial charge in [-0.3, -0.25) is 0 Å². The molecule has 0 spiro atoms. The van der Waals surface area contributed by atoms with Gasteiger partial charge in [0.2, 0.25) is 0 Å². The number of hydrogen-bond acceptors (Lipinski definition) is 1. The van der Waals surface area contributed by atoms with Gasteiger partial charge in [-0.05, 0) is 43.5 Å². The Bertz CT molecular complexity index is 292. The Labute approximate surface area is 104 Å². The molecular weight excluding hydrogens is 213 g/mol. The average Bonchev–Trinajstić information content (AvgIpc) is 2.30. The highest BCUT2D eigenvalue weighted by atomic mass is 19.1. The van der Waals surface area contributed by atoms with Crippen molar-refractivity contribution in [2.24, 2.45) is 0 Å². The average molecular weight is 237 g/mol. The maximum atomic E-state index is 12.7. The Morgan fingerprint density at radius 3 is 2.29 bits per heavy atom. The second kappa shape index (κ2) is 8.24. The Balaban J connectivity index is 1.99. The molecule has 1 aromatic carbocycles. The van der Waals surface area contributed by atoms with E-state index in [9.17, 15) is 4.39 Å². The second-order valence-corrected chi connectivity index (χ2v) is 4.90. The molecule has 0 atom stereocenters. The van der Waals surface area contributed by atoms with Crippen LogP contribution in [-0.4, -0.2) is 12.6 Å². The van der Waals surface area contributed by atoms with E-state index < -0.39 is 0 Å². The summed E-state index contributed by atoms with van der Waals surface area (Å²) in [6, 6.07) is 7.45. The minimum atomic E-state index is -0.145. The Hall–Kier alpha value is -0.890. The SMILES string of the molecule is CC(C)NCCCCCCc1ccc(F)cc1. The van der Waals surface area contributed by atoms with Crippen LogP contribution in [-0.2, 0) is 6.42 Å². The molecule has 0 aliphatic carbocycles. The summed E-state index contributed by atoms with van der Waals surface area (Å²) in [4.78, 5) is 0. The van der Waals surface area contributed by atoms with Crippen molar-refractivity contribution in [1.29, 1.82) is 0 Å². The predicted octanol–water partition coefficient (Wildman–Crippen LogP) is 3.93. The third kappa shape index (κ3) is 7.11. The number of hydrogen-bond donors (Lipinski definition) is 1. The molecule has 0 bridgehead atoms. The molecule has 0 amide bonds. The lowest BCUT2D eigenvalue weighted by Gasteiger charge is -2.07. The van der Waals surface area contributed by atoms with E-state index in [2.05, 4.69) is 19.2 Å². The fourth-order valence-electron chi connectivity index (χ4n) is 1.85. The molecule has 0 saturated carbocycles. The minimum absolute atomic E-state index is 0.145. The standard InChI is InChI=1S/C15H24FN/c1-13(2)17-12-6-4-3-5-7-14-8-10-15(16)11-9-14/h8-11,13,17H,3-7,12H2,1-2H3. The van der Waals surface area contributed by atoms with Gasteiger partial charge < -0.3 is 5.32 Å². The van der Waals surface area contributed by atoms with Crippen molar-refractivity contribution in [1.82, 2.24) is 5.32 Å². The molecule has 0 saturated heterocycles. The van der Waals surface area contributed by atoms with Crippen molar-refractivity contribution >= 4 is 0 Å². The van der Waals surface area contributed by atoms with Crippen LogP contribution in [0.5, 0.6) is 0 Å². The smallest absolute Gasteiger partial charge is 0.123 e. The van der Waals surface area contributed by atoms with Crippen LogP contribution in [0, 0.1) is 5.82 Å². The summed E-state index contributed by atoms with van der Waals surface area (Å²) >= 11 is 0. The van der Waals surface area contributed by atoms with E-state index in [0.29, 0.717) is 6.04 Å². The molecule has 1 rings (SSSR count). The quantitative estimate of drug-likeness (QED) is 0.676. The van der Waals surface area contributed by atoms with Gasteiger partial charge in [0.1, 0.15) is 5.82 Å². The van der Waals surface area contributed by atoms with Crippen molar-refractivity contribution in [3.05, 3.63) is 35.6 Å². The third-order valence-corrected chi connectivity index (χ3v) is 2.86. The van der Waals surface area contributed by atoms with Crippen molar-refractivity contribution < 1.29 is 4.39 Å². The first-order valence-corrected chi connectivity index (χ1v) is 6.66. The second-order valence-electron chi connectivity index (χ2n) is 4.90. The van der Waals surface area contributed by atoms with Gasteiger partial charge in [0.05, 0.1) is 0 Å². The lowest BCUT2D eigenvalue weighted by molar-refractivity contribution is 0.541. The van der Waals surface area contributed by atoms with Crippen molar-refractivity contribution in [2.75, 3.05) is 6.54 Å². The number of unbranched alkanes of at least 4 members (excludes halogenated alkanes) is 3. The van der Waals surface area contributed by atoms with Gasteiger partial charge in [0.25, 0.3) is 0 Å². The Morgan fingerprint density at radius 2 is 1.65 bits per heavy atom. The third-order valence-electron chi connectivity index (χ3n) is 2.86. The number of benzene rings is 1. The highest BCUT2D eigenvalue weighted by Gasteiger charge is 1.96. The van der Waals surface area contributed by atoms with Crippen LogP contribution in [0.2, 0.25) is 0 Å². The van der Waals surface area contributed by atoms with E-state index in [1.54, 1.807) is 12.1 Å². The van der Waals surface area contributed by atoms with Crippen molar-refractivity contribution in [3.8, 4) is 0 Å². The molecule has 1 N–H and O–H groups in total. The number of nitrogens with one attached hydrogen (secondary N) is 1. The molecule has 0 aliphatic heterocycles. The van der Waals surface area contributed by atoms with Crippen molar-refractivity contribution in [3.63, 3.8) is 0 Å². The molecule has 1 aromatic rings. The summed E-state index contributed by atoms with van der Waals surface area (Å²) in [7, 11) is 0. The van der Waals surface area contributed by atoms with E-state index in [1.165, 1.54) is 31.2 Å². The molecule has 0 radical (unpaired) electrons. The molecule has 0 aromatic heterocycles. The van der Waals surface area contributed by atoms with Crippen LogP contribution in [0.4, 0.5) is 4.39 Å². The first kappa shape index (κ1) is 14.2. The van der Waals surface area contributed by atoms with Crippen LogP contribution in [0.3, 0.4) is 0 Å². The highest BCUT2D eigenvalue weighted by Crippen LogP contribution is 2.08. The molecule has 0 heterocycles. The van der Waals surface area contributed by atoms with Crippen molar-refractivity contribution in [2.45, 2.75) is 52.0 Å². The van der Waals surface area contributed by atoms with Crippen LogP contribution in [0.15, 0.2) is 24.3 Å². The lowest BCUT2D eigenvalue weighted by Crippen LogP contribution is -2.23. The van der Waals surface area contributed by atoms with Gasteiger partial charge in [0, 0.05) is 6.04 Å². The van der Waals surface area contributed by atoms with Gasteiger partial charge in [-0.2, -0.15) is 0 Å². The fourth-order valence-corrected chi connectivity index (χ4v) is 1.85. The van der Waals surface area contributed by atoms with Gasteiger partial charge >= 0.3 is 0 Å². The molecule has 0 fully saturated rings. The highest BCUT2D eigenvalue weighted by molar-refractivity contribution is 5.15. The van der Waals surface area contributed by atoms with Gasteiger partial charge in [-0.15, -0.1) is 0 Å². The summed E-state index contributed by atoms with van der Waals surface area (Å²) in [6.45, 7) is 5.47. The summed E-state index contributed by atoms with van der Waals surface area (Å²) in [6.07, 6.45) is 6.06. The van der Waals surface area contributed by atoms with E-state index >= 15 is 0 Å². The summed E-state index contributed by atoms with van der Waals surface area (Å²) < 4.78 is 12.7. The lowest BCUT2D eigenvalue weighted by atomic mass is 10.1. The molecule has 2 heteroatoms. The van der Waals surface area contributed by atoms with Crippen LogP contribution in [0.25, 0.3) is 0 Å². The molecule has 17 heavy (non-hydrogen) atoms. The van der Waals surface area contributed by atoms with E-state index in [4.69, 9.17) is 0 Å². The first-order chi connectivity index (χ1) is 8.18. The Morgan fingerprint density at radius 1 is 1.00 bits per heavy atom. The molecular formula is C15H24FN. The van der Waals surface area contributed by atoms with Crippen LogP contribution in [0.1, 0.15) is 45.1 Å². The summed E-state index contributed by atoms with van der Waals surface area (Å²) in [5.41, 5.74) is 1.24. The van der Waals surface area contributed by atoms with E-state index in [-0.39, 0.29) is 5.82 Å². The normalized spacial score (nSPS) is 11.1. The molecule has 1 nitrogen and oxygen atoms in total. The summed E-state index contributed by atoms with van der Waals surface area (Å²) in [5.74, 6) is -0.145. The van der Waals surface area contributed by atoms with E-state index in [1.807, 2.05) is 12.1 Å². The largest absolute Gasteiger partial charge is 0.315 e. The molecule has 0 unspecified atom stereocenters.